The highest BCUT2D eigenvalue weighted by Gasteiger charge is 2.13. The minimum atomic E-state index is -0.753. The monoisotopic (exact) mass is 379 g/mol. The molecule has 7 nitrogen and oxygen atoms in total. The number of nitrogens with one attached hydrogen (secondary N) is 2. The van der Waals surface area contributed by atoms with Crippen LogP contribution in [-0.4, -0.2) is 41.0 Å². The summed E-state index contributed by atoms with van der Waals surface area (Å²) in [6, 6.07) is 12.5. The molecule has 3 aromatic rings. The van der Waals surface area contributed by atoms with E-state index in [9.17, 15) is 14.4 Å². The quantitative estimate of drug-likeness (QED) is 0.485. The van der Waals surface area contributed by atoms with Gasteiger partial charge < -0.3 is 19.6 Å². The first kappa shape index (κ1) is 19.2. The summed E-state index contributed by atoms with van der Waals surface area (Å²) in [5, 5.41) is 0. The SMILES string of the molecule is C=CCc1ccccc1OCCN(C)C(=O)c1ccc2[nH]c(=O)c(=O)[nH]c2c1. The van der Waals surface area contributed by atoms with E-state index in [0.717, 1.165) is 11.3 Å². The molecule has 7 heteroatoms. The van der Waals surface area contributed by atoms with Gasteiger partial charge in [-0.15, -0.1) is 6.58 Å². The summed E-state index contributed by atoms with van der Waals surface area (Å²) in [6.45, 7) is 4.48. The molecule has 0 saturated carbocycles. The van der Waals surface area contributed by atoms with E-state index in [1.807, 2.05) is 30.3 Å². The van der Waals surface area contributed by atoms with Gasteiger partial charge in [0.15, 0.2) is 0 Å². The van der Waals surface area contributed by atoms with Crippen LogP contribution in [0.2, 0.25) is 0 Å². The van der Waals surface area contributed by atoms with Crippen LogP contribution in [0, 0.1) is 0 Å². The van der Waals surface area contributed by atoms with Crippen LogP contribution in [0.4, 0.5) is 0 Å². The van der Waals surface area contributed by atoms with Crippen molar-refractivity contribution in [1.82, 2.24) is 14.9 Å². The van der Waals surface area contributed by atoms with E-state index in [2.05, 4.69) is 16.5 Å². The number of benzene rings is 2. The van der Waals surface area contributed by atoms with Crippen molar-refractivity contribution in [2.75, 3.05) is 20.2 Å². The van der Waals surface area contributed by atoms with Gasteiger partial charge in [0.1, 0.15) is 12.4 Å². The molecule has 0 atom stereocenters. The average Bonchev–Trinajstić information content (AvgIpc) is 2.69. The molecule has 0 aliphatic carbocycles. The Labute approximate surface area is 161 Å². The second-order valence-corrected chi connectivity index (χ2v) is 6.34. The van der Waals surface area contributed by atoms with E-state index in [4.69, 9.17) is 4.74 Å². The normalized spacial score (nSPS) is 10.6. The van der Waals surface area contributed by atoms with Crippen molar-refractivity contribution in [3.63, 3.8) is 0 Å². The van der Waals surface area contributed by atoms with Crippen molar-refractivity contribution in [2.24, 2.45) is 0 Å². The summed E-state index contributed by atoms with van der Waals surface area (Å²) < 4.78 is 5.82. The summed E-state index contributed by atoms with van der Waals surface area (Å²) >= 11 is 0. The van der Waals surface area contributed by atoms with Crippen LogP contribution >= 0.6 is 0 Å². The summed E-state index contributed by atoms with van der Waals surface area (Å²) in [7, 11) is 1.68. The number of allylic oxidation sites excluding steroid dienone is 1. The van der Waals surface area contributed by atoms with Gasteiger partial charge >= 0.3 is 11.1 Å². The number of amides is 1. The van der Waals surface area contributed by atoms with Crippen molar-refractivity contribution in [3.05, 3.63) is 87.0 Å². The number of aromatic nitrogens is 2. The second-order valence-electron chi connectivity index (χ2n) is 6.34. The first-order valence-corrected chi connectivity index (χ1v) is 8.83. The zero-order valence-electron chi connectivity index (χ0n) is 15.5. The number of ether oxygens (including phenoxy) is 1. The highest BCUT2D eigenvalue weighted by atomic mass is 16.5. The molecule has 0 aliphatic rings. The number of likely N-dealkylation sites (N-methyl/N-ethyl adjacent to an activating group) is 1. The van der Waals surface area contributed by atoms with Crippen LogP contribution in [0.15, 0.2) is 64.7 Å². The Kier molecular flexibility index (Phi) is 5.74. The third kappa shape index (κ3) is 4.20. The molecule has 144 valence electrons. The maximum Gasteiger partial charge on any atom is 0.314 e. The standard InChI is InChI=1S/C21H21N3O4/c1-3-6-14-7-4-5-8-18(14)28-12-11-24(2)21(27)15-9-10-16-17(13-15)23-20(26)19(25)22-16/h3-5,7-10,13H,1,6,11-12H2,2H3,(H,22,25)(H,23,26). The van der Waals surface area contributed by atoms with Crippen LogP contribution in [0.5, 0.6) is 5.75 Å². The van der Waals surface area contributed by atoms with Crippen molar-refractivity contribution >= 4 is 16.9 Å². The summed E-state index contributed by atoms with van der Waals surface area (Å²) in [5.74, 6) is 0.562. The van der Waals surface area contributed by atoms with Gasteiger partial charge in [-0.25, -0.2) is 0 Å². The molecule has 1 aromatic heterocycles. The van der Waals surface area contributed by atoms with Crippen molar-refractivity contribution < 1.29 is 9.53 Å². The number of nitrogens with zero attached hydrogens (tertiary/aromatic N) is 1. The van der Waals surface area contributed by atoms with Gasteiger partial charge in [0.2, 0.25) is 0 Å². The van der Waals surface area contributed by atoms with Gasteiger partial charge in [0.05, 0.1) is 17.6 Å². The Hall–Kier alpha value is -3.61. The van der Waals surface area contributed by atoms with Crippen molar-refractivity contribution in [1.29, 1.82) is 0 Å². The lowest BCUT2D eigenvalue weighted by molar-refractivity contribution is 0.0773. The Morgan fingerprint density at radius 1 is 1.11 bits per heavy atom. The lowest BCUT2D eigenvalue weighted by Gasteiger charge is -2.18. The van der Waals surface area contributed by atoms with Gasteiger partial charge in [-0.2, -0.15) is 0 Å². The minimum absolute atomic E-state index is 0.211. The lowest BCUT2D eigenvalue weighted by atomic mass is 10.1. The first-order valence-electron chi connectivity index (χ1n) is 8.83. The minimum Gasteiger partial charge on any atom is -0.491 e. The van der Waals surface area contributed by atoms with Crippen LogP contribution < -0.4 is 15.9 Å². The van der Waals surface area contributed by atoms with Crippen LogP contribution in [0.25, 0.3) is 11.0 Å². The smallest absolute Gasteiger partial charge is 0.314 e. The fourth-order valence-electron chi connectivity index (χ4n) is 2.83. The molecule has 0 saturated heterocycles. The number of fused-ring (bicyclic) bond motifs is 1. The van der Waals surface area contributed by atoms with Crippen molar-refractivity contribution in [3.8, 4) is 5.75 Å². The van der Waals surface area contributed by atoms with Gasteiger partial charge in [-0.3, -0.25) is 14.4 Å². The summed E-state index contributed by atoms with van der Waals surface area (Å²) in [4.78, 5) is 42.0. The fourth-order valence-corrected chi connectivity index (χ4v) is 2.83. The maximum atomic E-state index is 12.6. The number of carbonyl (C=O) groups is 1. The molecule has 1 amide bonds. The largest absolute Gasteiger partial charge is 0.491 e. The van der Waals surface area contributed by atoms with Gasteiger partial charge in [0.25, 0.3) is 5.91 Å². The Bertz CT molecular complexity index is 1130. The van der Waals surface area contributed by atoms with Gasteiger partial charge in [-0.1, -0.05) is 24.3 Å². The second kappa shape index (κ2) is 8.39. The molecule has 0 unspecified atom stereocenters. The number of carbonyl (C=O) groups excluding carboxylic acids is 1. The number of para-hydroxylation sites is 1. The topological polar surface area (TPSA) is 95.3 Å². The van der Waals surface area contributed by atoms with E-state index in [1.165, 1.54) is 0 Å². The lowest BCUT2D eigenvalue weighted by Crippen LogP contribution is -2.31. The Morgan fingerprint density at radius 3 is 2.57 bits per heavy atom. The first-order chi connectivity index (χ1) is 13.5. The number of H-pyrrole nitrogens is 2. The van der Waals surface area contributed by atoms with Gasteiger partial charge in [-0.05, 0) is 36.2 Å². The number of aromatic amines is 2. The van der Waals surface area contributed by atoms with Crippen LogP contribution in [0.3, 0.4) is 0 Å². The predicted molar refractivity (Wildman–Crippen MR) is 108 cm³/mol. The predicted octanol–water partition coefficient (Wildman–Crippen LogP) is 2.10. The molecule has 1 heterocycles. The molecular formula is C21H21N3O4. The fraction of sp³-hybridized carbons (Fsp3) is 0.190. The zero-order valence-corrected chi connectivity index (χ0v) is 15.5. The average molecular weight is 379 g/mol. The third-order valence-corrected chi connectivity index (χ3v) is 4.34. The van der Waals surface area contributed by atoms with Crippen LogP contribution in [0.1, 0.15) is 15.9 Å². The molecule has 0 fully saturated rings. The molecule has 0 spiro atoms. The molecule has 0 bridgehead atoms. The third-order valence-electron chi connectivity index (χ3n) is 4.34. The van der Waals surface area contributed by atoms with Gasteiger partial charge in [0, 0.05) is 12.6 Å². The number of hydrogen-bond acceptors (Lipinski definition) is 4. The van der Waals surface area contributed by atoms with E-state index in [1.54, 1.807) is 30.1 Å². The summed E-state index contributed by atoms with van der Waals surface area (Å²) in [6.07, 6.45) is 2.53. The van der Waals surface area contributed by atoms with Crippen LogP contribution in [-0.2, 0) is 6.42 Å². The molecular weight excluding hydrogens is 358 g/mol. The Balaban J connectivity index is 1.67. The van der Waals surface area contributed by atoms with E-state index in [0.29, 0.717) is 36.2 Å². The molecule has 2 N–H and O–H groups in total. The maximum absolute atomic E-state index is 12.6. The van der Waals surface area contributed by atoms with E-state index >= 15 is 0 Å². The van der Waals surface area contributed by atoms with E-state index < -0.39 is 11.1 Å². The van der Waals surface area contributed by atoms with Crippen molar-refractivity contribution in [2.45, 2.75) is 6.42 Å². The molecule has 2 aromatic carbocycles. The number of hydrogen-bond donors (Lipinski definition) is 2. The number of rotatable bonds is 7. The molecule has 3 rings (SSSR count). The molecule has 0 aliphatic heterocycles. The summed E-state index contributed by atoms with van der Waals surface area (Å²) in [5.41, 5.74) is 0.836. The van der Waals surface area contributed by atoms with E-state index in [-0.39, 0.29) is 5.91 Å². The molecule has 0 radical (unpaired) electrons. The molecule has 28 heavy (non-hydrogen) atoms. The highest BCUT2D eigenvalue weighted by molar-refractivity contribution is 5.97. The Morgan fingerprint density at radius 2 is 1.82 bits per heavy atom. The zero-order chi connectivity index (χ0) is 20.1. The highest BCUT2D eigenvalue weighted by Crippen LogP contribution is 2.18.